The number of halogens is 7. The van der Waals surface area contributed by atoms with Gasteiger partial charge in [-0.1, -0.05) is 30.3 Å². The second-order valence-corrected chi connectivity index (χ2v) is 21.5. The van der Waals surface area contributed by atoms with Crippen LogP contribution in [0, 0.1) is 31.1 Å². The fraction of sp³-hybridized carbons (Fsp3) is 0.740. The number of likely N-dealkylation sites (tertiary alicyclic amines) is 3. The summed E-state index contributed by atoms with van der Waals surface area (Å²) in [4.78, 5) is 72.8. The van der Waals surface area contributed by atoms with Crippen molar-refractivity contribution >= 4 is 48.3 Å². The molecule has 1 aromatic carbocycles. The number of nitrogens with two attached hydrogens (primary N) is 1. The van der Waals surface area contributed by atoms with Crippen LogP contribution in [0.2, 0.25) is 0 Å². The van der Waals surface area contributed by atoms with Gasteiger partial charge in [-0.2, -0.15) is 26.3 Å². The summed E-state index contributed by atoms with van der Waals surface area (Å²) in [5, 5.41) is 55.5. The molecule has 4 saturated heterocycles. The third kappa shape index (κ3) is 31.9. The minimum Gasteiger partial charge on any atom is -0.444 e. The van der Waals surface area contributed by atoms with E-state index in [1.807, 2.05) is 59.7 Å². The number of amides is 5. The Labute approximate surface area is 486 Å². The first kappa shape index (κ1) is 80.1. The number of ketones is 1. The number of rotatable bonds is 10. The molecule has 0 aliphatic carbocycles. The van der Waals surface area contributed by atoms with Crippen molar-refractivity contribution in [2.45, 2.75) is 123 Å². The van der Waals surface area contributed by atoms with Gasteiger partial charge in [0.25, 0.3) is 0 Å². The van der Waals surface area contributed by atoms with Gasteiger partial charge in [0.1, 0.15) is 16.8 Å². The van der Waals surface area contributed by atoms with E-state index in [2.05, 4.69) is 10.6 Å². The van der Waals surface area contributed by atoms with Gasteiger partial charge in [-0.25, -0.2) is 14.4 Å². The molecule has 0 saturated carbocycles. The largest absolute Gasteiger partial charge is 0.471 e. The number of β-amino-alcohol motifs (C(OH)–C–C–N with tert-alkyl or cyclic N) is 4. The van der Waals surface area contributed by atoms with Gasteiger partial charge >= 0.3 is 42.4 Å². The normalized spacial score (nSPS) is 22.4. The zero-order chi connectivity index (χ0) is 59.3. The van der Waals surface area contributed by atoms with Crippen molar-refractivity contribution in [2.24, 2.45) is 29.4 Å². The van der Waals surface area contributed by atoms with Crippen LogP contribution in [-0.4, -0.2) is 221 Å². The van der Waals surface area contributed by atoms with Crippen LogP contribution in [0.4, 0.5) is 40.7 Å². The Balaban J connectivity index is -0.000000481. The van der Waals surface area contributed by atoms with Crippen LogP contribution >= 0.6 is 12.4 Å². The van der Waals surface area contributed by atoms with Crippen LogP contribution < -0.4 is 27.0 Å². The van der Waals surface area contributed by atoms with E-state index < -0.39 is 83.5 Å². The summed E-state index contributed by atoms with van der Waals surface area (Å²) < 4.78 is 87.0. The van der Waals surface area contributed by atoms with E-state index in [1.54, 1.807) is 50.5 Å². The Morgan fingerprint density at radius 1 is 0.600 bits per heavy atom. The number of hydrogen-bond acceptors (Lipinski definition) is 17. The maximum absolute atomic E-state index is 12.1. The van der Waals surface area contributed by atoms with Crippen molar-refractivity contribution in [2.75, 3.05) is 91.7 Å². The Kier molecular flexibility index (Phi) is 36.5. The molecule has 5 rings (SSSR count). The summed E-state index contributed by atoms with van der Waals surface area (Å²) in [7, 11) is 0. The van der Waals surface area contributed by atoms with Crippen molar-refractivity contribution in [3.05, 3.63) is 43.3 Å². The fourth-order valence-electron chi connectivity index (χ4n) is 7.29. The molecule has 4 heterocycles. The van der Waals surface area contributed by atoms with Gasteiger partial charge < -0.3 is 88.9 Å². The number of ether oxygens (including phenoxy) is 3. The van der Waals surface area contributed by atoms with Crippen molar-refractivity contribution in [3.63, 3.8) is 0 Å². The predicted molar refractivity (Wildman–Crippen MR) is 284 cm³/mol. The van der Waals surface area contributed by atoms with Gasteiger partial charge in [0.2, 0.25) is 0 Å². The number of aliphatic hydroxyl groups is 5. The summed E-state index contributed by atoms with van der Waals surface area (Å²) in [6.45, 7) is 20.6. The van der Waals surface area contributed by atoms with Gasteiger partial charge in [-0.15, -0.1) is 12.4 Å². The number of nitrogens with zero attached hydrogens (tertiary/aromatic N) is 3. The number of carbonyl (C=O) groups is 6. The molecule has 0 bridgehead atoms. The molecule has 0 aromatic heterocycles. The molecule has 4 aliphatic rings. The number of nitrogens with one attached hydrogen (secondary N) is 4. The summed E-state index contributed by atoms with van der Waals surface area (Å²) in [6.07, 6.45) is -14.1. The van der Waals surface area contributed by atoms with Crippen LogP contribution in [0.15, 0.2) is 30.3 Å². The first-order chi connectivity index (χ1) is 35.3. The third-order valence-electron chi connectivity index (χ3n) is 11.1. The zero-order valence-corrected chi connectivity index (χ0v) is 49.6. The molecule has 8 unspecified atom stereocenters. The molecule has 472 valence electrons. The number of alkyl halides is 6. The van der Waals surface area contributed by atoms with E-state index in [0.717, 1.165) is 0 Å². The van der Waals surface area contributed by atoms with Crippen molar-refractivity contribution in [1.29, 1.82) is 0 Å². The first-order valence-electron chi connectivity index (χ1n) is 25.0. The first-order valence-corrected chi connectivity index (χ1v) is 25.0. The molecule has 80 heavy (non-hydrogen) atoms. The second kappa shape index (κ2) is 36.4. The van der Waals surface area contributed by atoms with Crippen LogP contribution in [0.5, 0.6) is 0 Å². The standard InChI is InChI=1S/C18H26N2O4.C12H19F3N2O4.C10H20N2O3.C7H11F3N2O2.C2H6O.CH3.ClH.Pd.H2/c1-18(2,3)24-17(23)20-11-14(16(22)12-20)9-19-10-15(21)13-7-5-4-6-8-13;1-11(2,3)21-10(20)17-5-7(8(18)6-17)4-16-9(19)12(13,14)15;1-10(2,3)15-9(14)12-5-7(4-11)8(13)6-12;8-7(9,10)6(14)12-2-4-1-11-3-5(4)13;1-2-3;;;;/h4-8,14,16,19,22H,9-12H2,1-3H3;7-8,18H,4-6H2,1-3H3,(H,16,19);7-8,13H,4-6,11H2,1-3H3;4-5,11,13H,1-3H2,(H,12,14);3H,2H2,1H3;1H3;1H;;1H/q;;;;;-1;;;. The van der Waals surface area contributed by atoms with E-state index in [-0.39, 0.29) is 117 Å². The Hall–Kier alpha value is -4.15. The molecule has 30 heteroatoms. The molecule has 4 aliphatic heterocycles. The average molecular weight is 1280 g/mol. The molecular weight excluding hydrogens is 1190 g/mol. The second-order valence-electron chi connectivity index (χ2n) is 21.5. The number of carbonyl (C=O) groups excluding carboxylic acids is 6. The van der Waals surface area contributed by atoms with Gasteiger partial charge in [-0.3, -0.25) is 14.4 Å². The molecule has 11 N–H and O–H groups in total. The predicted octanol–water partition coefficient (Wildman–Crippen LogP) is 3.11. The smallest absolute Gasteiger partial charge is 0.444 e. The van der Waals surface area contributed by atoms with E-state index in [9.17, 15) is 75.5 Å². The van der Waals surface area contributed by atoms with E-state index in [4.69, 9.17) is 25.1 Å². The van der Waals surface area contributed by atoms with Crippen molar-refractivity contribution in [3.8, 4) is 0 Å². The molecule has 8 atom stereocenters. The van der Waals surface area contributed by atoms with Crippen molar-refractivity contribution in [1.82, 2.24) is 36.0 Å². The van der Waals surface area contributed by atoms with Gasteiger partial charge in [0.15, 0.2) is 5.78 Å². The average Bonchev–Trinajstić information content (AvgIpc) is 4.09. The fourth-order valence-corrected chi connectivity index (χ4v) is 7.29. The Morgan fingerprint density at radius 2 is 0.938 bits per heavy atom. The van der Waals surface area contributed by atoms with Crippen molar-refractivity contribution < 1.29 is 117 Å². The minimum atomic E-state index is -4.96. The van der Waals surface area contributed by atoms with Gasteiger partial charge in [-0.05, 0) is 75.8 Å². The minimum absolute atomic E-state index is 0. The number of Topliss-reactive ketones (excluding diaryl/α,β-unsaturated/α-hetero) is 1. The molecule has 0 spiro atoms. The summed E-state index contributed by atoms with van der Waals surface area (Å²) >= 11 is 0. The van der Waals surface area contributed by atoms with Crippen LogP contribution in [-0.2, 0) is 44.2 Å². The van der Waals surface area contributed by atoms with E-state index in [0.29, 0.717) is 51.4 Å². The third-order valence-corrected chi connectivity index (χ3v) is 11.1. The zero-order valence-electron chi connectivity index (χ0n) is 47.2. The Bertz CT molecular complexity index is 2010. The maximum atomic E-state index is 12.1. The number of aliphatic hydroxyl groups excluding tert-OH is 5. The molecule has 0 radical (unpaired) electrons. The summed E-state index contributed by atoms with van der Waals surface area (Å²) in [6, 6.07) is 9.07. The van der Waals surface area contributed by atoms with Gasteiger partial charge in [0.05, 0.1) is 50.6 Å². The summed E-state index contributed by atoms with van der Waals surface area (Å²) in [5.74, 6) is -5.17. The summed E-state index contributed by atoms with van der Waals surface area (Å²) in [5.41, 5.74) is 4.38. The molecule has 22 nitrogen and oxygen atoms in total. The molecule has 4 fully saturated rings. The quantitative estimate of drug-likeness (QED) is 0.0529. The monoisotopic (exact) mass is 1280 g/mol. The van der Waals surface area contributed by atoms with Crippen LogP contribution in [0.25, 0.3) is 0 Å². The number of benzene rings is 1. The van der Waals surface area contributed by atoms with Crippen LogP contribution in [0.3, 0.4) is 0 Å². The van der Waals surface area contributed by atoms with Gasteiger partial charge in [0, 0.05) is 110 Å². The SMILES string of the molecule is CC(C)(C)OC(=O)N1CC(O)C(CN)C1.CC(C)(C)OC(=O)N1CC(O)C(CNC(=O)C(F)(F)F)C1.CC(C)(C)OC(=O)N1CC(O)C(CNCC(=O)c2ccccc2)C1.CCO.Cl.O=C(NCC1CNCC1O)C(F)(F)F.[CH3-].[HH].[Pd]. The number of hydrogen-bond donors (Lipinski definition) is 10. The molecular formula is C50H88ClF6N8O14Pd-. The van der Waals surface area contributed by atoms with E-state index >= 15 is 0 Å². The molecule has 1 aromatic rings. The Morgan fingerprint density at radius 3 is 1.25 bits per heavy atom. The van der Waals surface area contributed by atoms with E-state index in [1.165, 1.54) is 14.7 Å². The maximum Gasteiger partial charge on any atom is 0.471 e. The van der Waals surface area contributed by atoms with Crippen LogP contribution in [0.1, 0.15) is 81.0 Å². The topological polar surface area (TPSA) is 315 Å². The molecule has 5 amide bonds.